The molecule has 1 rings (SSSR count). The van der Waals surface area contributed by atoms with Crippen LogP contribution in [0, 0.1) is 0 Å². The minimum atomic E-state index is -3.94. The first-order valence-electron chi connectivity index (χ1n) is 6.54. The predicted octanol–water partition coefficient (Wildman–Crippen LogP) is 0.895. The van der Waals surface area contributed by atoms with Gasteiger partial charge < -0.3 is 14.7 Å². The van der Waals surface area contributed by atoms with Crippen LogP contribution in [0.1, 0.15) is 24.2 Å². The second-order valence-electron chi connectivity index (χ2n) is 4.31. The Morgan fingerprint density at radius 1 is 1.38 bits per heavy atom. The van der Waals surface area contributed by atoms with Crippen LogP contribution in [0.4, 0.5) is 5.69 Å². The van der Waals surface area contributed by atoms with E-state index in [-0.39, 0.29) is 10.5 Å². The van der Waals surface area contributed by atoms with E-state index in [1.54, 1.807) is 0 Å². The standard InChI is InChI=1S/C13H20N2O5S/c1-3-15(7-8-20-4-2)12-6-5-10(21(14,18)19)9-11(12)13(16)17/h5-6,9H,3-4,7-8H2,1-2H3,(H,16,17)(H2,14,18,19). The molecular formula is C13H20N2O5S. The molecule has 0 fully saturated rings. The van der Waals surface area contributed by atoms with E-state index in [9.17, 15) is 18.3 Å². The van der Waals surface area contributed by atoms with E-state index in [4.69, 9.17) is 9.88 Å². The maximum atomic E-state index is 11.4. The van der Waals surface area contributed by atoms with Gasteiger partial charge in [0, 0.05) is 19.7 Å². The van der Waals surface area contributed by atoms with Crippen LogP contribution in [0.5, 0.6) is 0 Å². The Morgan fingerprint density at radius 3 is 2.52 bits per heavy atom. The van der Waals surface area contributed by atoms with E-state index >= 15 is 0 Å². The molecule has 7 nitrogen and oxygen atoms in total. The van der Waals surface area contributed by atoms with Gasteiger partial charge in [-0.2, -0.15) is 0 Å². The van der Waals surface area contributed by atoms with Gasteiger partial charge in [-0.1, -0.05) is 0 Å². The number of nitrogens with two attached hydrogens (primary N) is 1. The van der Waals surface area contributed by atoms with Crippen LogP contribution in [-0.4, -0.2) is 45.8 Å². The minimum absolute atomic E-state index is 0.0973. The lowest BCUT2D eigenvalue weighted by molar-refractivity contribution is 0.0697. The van der Waals surface area contributed by atoms with Gasteiger partial charge in [0.2, 0.25) is 10.0 Å². The summed E-state index contributed by atoms with van der Waals surface area (Å²) in [6.45, 7) is 5.88. The first-order chi connectivity index (χ1) is 9.81. The normalized spacial score (nSPS) is 11.4. The van der Waals surface area contributed by atoms with Gasteiger partial charge in [0.25, 0.3) is 0 Å². The van der Waals surface area contributed by atoms with Crippen molar-refractivity contribution in [2.75, 3.05) is 31.2 Å². The monoisotopic (exact) mass is 316 g/mol. The van der Waals surface area contributed by atoms with Crippen molar-refractivity contribution in [3.8, 4) is 0 Å². The number of rotatable bonds is 8. The lowest BCUT2D eigenvalue weighted by Gasteiger charge is -2.24. The van der Waals surface area contributed by atoms with Crippen LogP contribution >= 0.6 is 0 Å². The predicted molar refractivity (Wildman–Crippen MR) is 79.2 cm³/mol. The summed E-state index contributed by atoms with van der Waals surface area (Å²) in [6.07, 6.45) is 0. The summed E-state index contributed by atoms with van der Waals surface area (Å²) in [5.41, 5.74) is 0.344. The van der Waals surface area contributed by atoms with Gasteiger partial charge in [0.05, 0.1) is 22.8 Å². The number of ether oxygens (including phenoxy) is 1. The summed E-state index contributed by atoms with van der Waals surface area (Å²) in [5, 5.41) is 14.3. The SMILES string of the molecule is CCOCCN(CC)c1ccc(S(N)(=O)=O)cc1C(=O)O. The summed E-state index contributed by atoms with van der Waals surface area (Å²) in [6, 6.07) is 3.84. The van der Waals surface area contributed by atoms with Crippen molar-refractivity contribution in [1.82, 2.24) is 0 Å². The van der Waals surface area contributed by atoms with Gasteiger partial charge in [-0.05, 0) is 32.0 Å². The molecule has 3 N–H and O–H groups in total. The minimum Gasteiger partial charge on any atom is -0.478 e. The largest absolute Gasteiger partial charge is 0.478 e. The molecule has 0 heterocycles. The molecule has 8 heteroatoms. The molecule has 0 amide bonds. The van der Waals surface area contributed by atoms with Crippen molar-refractivity contribution in [1.29, 1.82) is 0 Å². The molecule has 0 radical (unpaired) electrons. The van der Waals surface area contributed by atoms with E-state index < -0.39 is 16.0 Å². The van der Waals surface area contributed by atoms with E-state index in [0.29, 0.717) is 32.0 Å². The Bertz CT molecular complexity index is 601. The van der Waals surface area contributed by atoms with Crippen molar-refractivity contribution in [3.05, 3.63) is 23.8 Å². The third-order valence-electron chi connectivity index (χ3n) is 2.96. The molecule has 0 aromatic heterocycles. The van der Waals surface area contributed by atoms with Crippen molar-refractivity contribution in [2.45, 2.75) is 18.7 Å². The average Bonchev–Trinajstić information content (AvgIpc) is 2.42. The second-order valence-corrected chi connectivity index (χ2v) is 5.87. The molecule has 0 aliphatic heterocycles. The number of anilines is 1. The quantitative estimate of drug-likeness (QED) is 0.689. The molecule has 1 aromatic rings. The number of likely N-dealkylation sites (N-methyl/N-ethyl adjacent to an activating group) is 1. The molecule has 0 saturated carbocycles. The number of nitrogens with zero attached hydrogens (tertiary/aromatic N) is 1. The molecule has 0 aliphatic rings. The summed E-state index contributed by atoms with van der Waals surface area (Å²) in [7, 11) is -3.94. The molecule has 0 spiro atoms. The number of carboxylic acids is 1. The number of primary sulfonamides is 1. The highest BCUT2D eigenvalue weighted by atomic mass is 32.2. The van der Waals surface area contributed by atoms with Crippen LogP contribution in [-0.2, 0) is 14.8 Å². The molecule has 0 saturated heterocycles. The third kappa shape index (κ3) is 4.69. The number of aromatic carboxylic acids is 1. The smallest absolute Gasteiger partial charge is 0.337 e. The highest BCUT2D eigenvalue weighted by molar-refractivity contribution is 7.89. The number of carbonyl (C=O) groups is 1. The lowest BCUT2D eigenvalue weighted by atomic mass is 10.1. The fourth-order valence-electron chi connectivity index (χ4n) is 1.91. The number of benzene rings is 1. The van der Waals surface area contributed by atoms with Gasteiger partial charge in [-0.3, -0.25) is 0 Å². The molecule has 0 aliphatic carbocycles. The molecular weight excluding hydrogens is 296 g/mol. The van der Waals surface area contributed by atoms with E-state index in [2.05, 4.69) is 0 Å². The van der Waals surface area contributed by atoms with Crippen LogP contribution in [0.25, 0.3) is 0 Å². The third-order valence-corrected chi connectivity index (χ3v) is 3.87. The van der Waals surface area contributed by atoms with Crippen LogP contribution in [0.3, 0.4) is 0 Å². The van der Waals surface area contributed by atoms with Gasteiger partial charge in [-0.15, -0.1) is 0 Å². The Hall–Kier alpha value is -1.64. The van der Waals surface area contributed by atoms with Crippen molar-refractivity contribution in [2.24, 2.45) is 5.14 Å². The zero-order valence-electron chi connectivity index (χ0n) is 12.1. The maximum Gasteiger partial charge on any atom is 0.337 e. The first kappa shape index (κ1) is 17.4. The van der Waals surface area contributed by atoms with Crippen molar-refractivity contribution < 1.29 is 23.1 Å². The fourth-order valence-corrected chi connectivity index (χ4v) is 2.45. The second kappa shape index (κ2) is 7.39. The van der Waals surface area contributed by atoms with Gasteiger partial charge in [0.1, 0.15) is 0 Å². The molecule has 0 bridgehead atoms. The zero-order chi connectivity index (χ0) is 16.0. The summed E-state index contributed by atoms with van der Waals surface area (Å²) >= 11 is 0. The number of hydrogen-bond donors (Lipinski definition) is 2. The average molecular weight is 316 g/mol. The van der Waals surface area contributed by atoms with E-state index in [0.717, 1.165) is 6.07 Å². The van der Waals surface area contributed by atoms with Crippen molar-refractivity contribution >= 4 is 21.7 Å². The topological polar surface area (TPSA) is 110 Å². The van der Waals surface area contributed by atoms with Crippen molar-refractivity contribution in [3.63, 3.8) is 0 Å². The lowest BCUT2D eigenvalue weighted by Crippen LogP contribution is -2.29. The molecule has 0 atom stereocenters. The highest BCUT2D eigenvalue weighted by Gasteiger charge is 2.19. The van der Waals surface area contributed by atoms with Crippen LogP contribution in [0.15, 0.2) is 23.1 Å². The Labute approximate surface area is 124 Å². The summed E-state index contributed by atoms with van der Waals surface area (Å²) in [5.74, 6) is -1.20. The zero-order valence-corrected chi connectivity index (χ0v) is 12.9. The molecule has 21 heavy (non-hydrogen) atoms. The molecule has 1 aromatic carbocycles. The van der Waals surface area contributed by atoms with Gasteiger partial charge in [-0.25, -0.2) is 18.4 Å². The van der Waals surface area contributed by atoms with E-state index in [1.165, 1.54) is 12.1 Å². The molecule has 118 valence electrons. The van der Waals surface area contributed by atoms with E-state index in [1.807, 2.05) is 18.7 Å². The Kier molecular flexibility index (Phi) is 6.13. The van der Waals surface area contributed by atoms with Gasteiger partial charge in [0.15, 0.2) is 0 Å². The van der Waals surface area contributed by atoms with Gasteiger partial charge >= 0.3 is 5.97 Å². The fraction of sp³-hybridized carbons (Fsp3) is 0.462. The van der Waals surface area contributed by atoms with Crippen LogP contribution in [0.2, 0.25) is 0 Å². The number of carboxylic acid groups (broad SMARTS) is 1. The first-order valence-corrected chi connectivity index (χ1v) is 8.08. The number of sulfonamides is 1. The molecule has 0 unspecified atom stereocenters. The Morgan fingerprint density at radius 2 is 2.05 bits per heavy atom. The number of hydrogen-bond acceptors (Lipinski definition) is 5. The Balaban J connectivity index is 3.18. The van der Waals surface area contributed by atoms with Crippen LogP contribution < -0.4 is 10.0 Å². The maximum absolute atomic E-state index is 11.4. The highest BCUT2D eigenvalue weighted by Crippen LogP contribution is 2.23. The summed E-state index contributed by atoms with van der Waals surface area (Å²) < 4.78 is 27.9. The summed E-state index contributed by atoms with van der Waals surface area (Å²) in [4.78, 5) is 13.0.